The smallest absolute Gasteiger partial charge is 0.416 e. The molecule has 1 aliphatic rings. The van der Waals surface area contributed by atoms with Gasteiger partial charge in [0.1, 0.15) is 0 Å². The molecule has 1 fully saturated rings. The topological polar surface area (TPSA) is 81.5 Å². The predicted molar refractivity (Wildman–Crippen MR) is 114 cm³/mol. The number of aromatic nitrogens is 2. The lowest BCUT2D eigenvalue weighted by Gasteiger charge is -2.33. The first kappa shape index (κ1) is 24.5. The quantitative estimate of drug-likeness (QED) is 0.629. The molecule has 7 nitrogen and oxygen atoms in total. The Morgan fingerprint density at radius 3 is 2.48 bits per heavy atom. The molecule has 10 heteroatoms. The zero-order chi connectivity index (χ0) is 24.3. The summed E-state index contributed by atoms with van der Waals surface area (Å²) in [6.07, 6.45) is -0.778. The standard InChI is InChI=1S/C23H26F3N3O4/c1-14-7-9-17(10-8-14)28(3)20(31)13-33-22(32)21-19(30)11-15(2)29(27-21)18-6-4-5-16(12-18)23(24,25)26/h4-6,11-12,14,17H,7-10,13H2,1-3H3. The van der Waals surface area contributed by atoms with Crippen LogP contribution in [0.15, 0.2) is 35.1 Å². The highest BCUT2D eigenvalue weighted by molar-refractivity contribution is 5.89. The van der Waals surface area contributed by atoms with E-state index in [0.717, 1.165) is 48.6 Å². The summed E-state index contributed by atoms with van der Waals surface area (Å²) in [6.45, 7) is 3.09. The highest BCUT2D eigenvalue weighted by atomic mass is 19.4. The number of hydrogen-bond donors (Lipinski definition) is 0. The first-order valence-corrected chi connectivity index (χ1v) is 10.7. The number of likely N-dealkylation sites (N-methyl/N-ethyl adjacent to an activating group) is 1. The number of aryl methyl sites for hydroxylation is 1. The van der Waals surface area contributed by atoms with E-state index in [1.807, 2.05) is 0 Å². The number of benzene rings is 1. The third-order valence-electron chi connectivity index (χ3n) is 5.97. The van der Waals surface area contributed by atoms with Crippen molar-refractivity contribution in [2.24, 2.45) is 5.92 Å². The average Bonchev–Trinajstić information content (AvgIpc) is 2.77. The summed E-state index contributed by atoms with van der Waals surface area (Å²) in [5.74, 6) is -0.887. The van der Waals surface area contributed by atoms with Crippen LogP contribution in [0.4, 0.5) is 13.2 Å². The minimum Gasteiger partial charge on any atom is -0.451 e. The van der Waals surface area contributed by atoms with Gasteiger partial charge in [-0.2, -0.15) is 18.3 Å². The maximum Gasteiger partial charge on any atom is 0.416 e. The molecule has 0 bridgehead atoms. The maximum atomic E-state index is 13.1. The van der Waals surface area contributed by atoms with Crippen LogP contribution in [0.25, 0.3) is 5.69 Å². The van der Waals surface area contributed by atoms with Gasteiger partial charge < -0.3 is 9.64 Å². The number of rotatable bonds is 5. The molecule has 1 amide bonds. The third kappa shape index (κ3) is 5.80. The molecule has 0 aliphatic heterocycles. The Hall–Kier alpha value is -3.17. The summed E-state index contributed by atoms with van der Waals surface area (Å²) in [4.78, 5) is 38.8. The molecule has 1 saturated carbocycles. The minimum atomic E-state index is -4.56. The molecular formula is C23H26F3N3O4. The molecule has 0 N–H and O–H groups in total. The largest absolute Gasteiger partial charge is 0.451 e. The van der Waals surface area contributed by atoms with E-state index in [9.17, 15) is 27.6 Å². The molecular weight excluding hydrogens is 439 g/mol. The molecule has 0 unspecified atom stereocenters. The normalized spacial score (nSPS) is 18.6. The van der Waals surface area contributed by atoms with Crippen molar-refractivity contribution in [3.05, 3.63) is 57.5 Å². The molecule has 0 atom stereocenters. The second-order valence-corrected chi connectivity index (χ2v) is 8.45. The second kappa shape index (κ2) is 9.76. The van der Waals surface area contributed by atoms with Gasteiger partial charge in [-0.15, -0.1) is 0 Å². The molecule has 1 heterocycles. The van der Waals surface area contributed by atoms with E-state index < -0.39 is 41.3 Å². The minimum absolute atomic E-state index is 0.0266. The summed E-state index contributed by atoms with van der Waals surface area (Å²) in [6, 6.07) is 5.51. The first-order chi connectivity index (χ1) is 15.5. The molecule has 178 valence electrons. The van der Waals surface area contributed by atoms with Crippen LogP contribution in [0.2, 0.25) is 0 Å². The van der Waals surface area contributed by atoms with Crippen molar-refractivity contribution < 1.29 is 27.5 Å². The van der Waals surface area contributed by atoms with Gasteiger partial charge in [0.05, 0.1) is 11.3 Å². The number of amides is 1. The van der Waals surface area contributed by atoms with Gasteiger partial charge in [-0.3, -0.25) is 9.59 Å². The van der Waals surface area contributed by atoms with Crippen LogP contribution in [-0.2, 0) is 15.7 Å². The lowest BCUT2D eigenvalue weighted by atomic mass is 9.87. The molecule has 3 rings (SSSR count). The first-order valence-electron chi connectivity index (χ1n) is 10.7. The van der Waals surface area contributed by atoms with Crippen molar-refractivity contribution in [3.8, 4) is 5.69 Å². The fourth-order valence-corrected chi connectivity index (χ4v) is 3.90. The van der Waals surface area contributed by atoms with Gasteiger partial charge >= 0.3 is 12.1 Å². The van der Waals surface area contributed by atoms with Gasteiger partial charge in [0.15, 0.2) is 6.61 Å². The Bertz CT molecular complexity index is 1090. The predicted octanol–water partition coefficient (Wildman–Crippen LogP) is 3.75. The van der Waals surface area contributed by atoms with E-state index in [4.69, 9.17) is 4.74 Å². The van der Waals surface area contributed by atoms with E-state index >= 15 is 0 Å². The van der Waals surface area contributed by atoms with Crippen molar-refractivity contribution in [1.29, 1.82) is 0 Å². The van der Waals surface area contributed by atoms with Crippen LogP contribution in [0.5, 0.6) is 0 Å². The summed E-state index contributed by atoms with van der Waals surface area (Å²) in [7, 11) is 1.65. The third-order valence-corrected chi connectivity index (χ3v) is 5.97. The molecule has 0 spiro atoms. The van der Waals surface area contributed by atoms with Gasteiger partial charge in [0, 0.05) is 24.8 Å². The monoisotopic (exact) mass is 465 g/mol. The van der Waals surface area contributed by atoms with E-state index in [2.05, 4.69) is 12.0 Å². The molecule has 2 aromatic rings. The van der Waals surface area contributed by atoms with Crippen LogP contribution in [0.1, 0.15) is 54.4 Å². The highest BCUT2D eigenvalue weighted by Crippen LogP contribution is 2.30. The Labute approximate surface area is 189 Å². The second-order valence-electron chi connectivity index (χ2n) is 8.45. The van der Waals surface area contributed by atoms with E-state index in [1.54, 1.807) is 11.9 Å². The maximum absolute atomic E-state index is 13.1. The van der Waals surface area contributed by atoms with Gasteiger partial charge in [-0.05, 0) is 56.7 Å². The Balaban J connectivity index is 1.75. The number of esters is 1. The number of halogens is 3. The van der Waals surface area contributed by atoms with Gasteiger partial charge in [0.25, 0.3) is 5.91 Å². The van der Waals surface area contributed by atoms with Crippen molar-refractivity contribution >= 4 is 11.9 Å². The fraction of sp³-hybridized carbons (Fsp3) is 0.478. The van der Waals surface area contributed by atoms with E-state index in [1.165, 1.54) is 19.1 Å². The van der Waals surface area contributed by atoms with E-state index in [0.29, 0.717) is 5.92 Å². The summed E-state index contributed by atoms with van der Waals surface area (Å²) in [5, 5.41) is 3.92. The lowest BCUT2D eigenvalue weighted by Crippen LogP contribution is -2.41. The number of carbonyl (C=O) groups is 2. The number of carbonyl (C=O) groups excluding carboxylic acids is 2. The summed E-state index contributed by atoms with van der Waals surface area (Å²) in [5.41, 5.74) is -1.99. The van der Waals surface area contributed by atoms with Gasteiger partial charge in [-0.1, -0.05) is 13.0 Å². The molecule has 1 aromatic heterocycles. The van der Waals surface area contributed by atoms with Crippen LogP contribution < -0.4 is 5.43 Å². The van der Waals surface area contributed by atoms with Crippen molar-refractivity contribution in [2.75, 3.05) is 13.7 Å². The van der Waals surface area contributed by atoms with Crippen molar-refractivity contribution in [1.82, 2.24) is 14.7 Å². The Morgan fingerprint density at radius 1 is 1.18 bits per heavy atom. The average molecular weight is 465 g/mol. The summed E-state index contributed by atoms with van der Waals surface area (Å²) >= 11 is 0. The van der Waals surface area contributed by atoms with Gasteiger partial charge in [0.2, 0.25) is 11.1 Å². The number of ether oxygens (including phenoxy) is 1. The van der Waals surface area contributed by atoms with Crippen LogP contribution in [-0.4, -0.2) is 46.3 Å². The number of alkyl halides is 3. The Kier molecular flexibility index (Phi) is 7.24. The molecule has 0 saturated heterocycles. The fourth-order valence-electron chi connectivity index (χ4n) is 3.90. The van der Waals surface area contributed by atoms with Crippen LogP contribution in [0, 0.1) is 12.8 Å². The Morgan fingerprint density at radius 2 is 1.85 bits per heavy atom. The van der Waals surface area contributed by atoms with Crippen LogP contribution >= 0.6 is 0 Å². The zero-order valence-electron chi connectivity index (χ0n) is 18.7. The molecule has 1 aromatic carbocycles. The summed E-state index contributed by atoms with van der Waals surface area (Å²) < 4.78 is 45.3. The van der Waals surface area contributed by atoms with Crippen molar-refractivity contribution in [3.63, 3.8) is 0 Å². The number of hydrogen-bond acceptors (Lipinski definition) is 5. The zero-order valence-corrected chi connectivity index (χ0v) is 18.7. The highest BCUT2D eigenvalue weighted by Gasteiger charge is 2.31. The number of nitrogens with zero attached hydrogens (tertiary/aromatic N) is 3. The van der Waals surface area contributed by atoms with Crippen molar-refractivity contribution in [2.45, 2.75) is 51.7 Å². The van der Waals surface area contributed by atoms with E-state index in [-0.39, 0.29) is 17.4 Å². The van der Waals surface area contributed by atoms with Crippen LogP contribution in [0.3, 0.4) is 0 Å². The molecule has 33 heavy (non-hydrogen) atoms. The molecule has 0 radical (unpaired) electrons. The van der Waals surface area contributed by atoms with Gasteiger partial charge in [-0.25, -0.2) is 9.48 Å². The molecule has 1 aliphatic carbocycles. The lowest BCUT2D eigenvalue weighted by molar-refractivity contribution is -0.137. The SMILES string of the molecule is Cc1cc(=O)c(C(=O)OCC(=O)N(C)C2CCC(C)CC2)nn1-c1cccc(C(F)(F)F)c1.